The standard InChI is InChI=1S/C18H28N4O.HI/c1-2-3-10-20-18(19)21-13-16-12-17(23)22(14-16)11-9-15-7-5-4-6-8-15;/h4-8,16H,2-3,9-14H2,1H3,(H3,19,20,21);1H. The highest BCUT2D eigenvalue weighted by molar-refractivity contribution is 14.0. The molecule has 1 fully saturated rings. The molecule has 1 amide bonds. The third-order valence-corrected chi connectivity index (χ3v) is 4.16. The van der Waals surface area contributed by atoms with Crippen LogP contribution in [0.5, 0.6) is 0 Å². The second-order valence-corrected chi connectivity index (χ2v) is 6.15. The Morgan fingerprint density at radius 1 is 1.38 bits per heavy atom. The van der Waals surface area contributed by atoms with Crippen molar-refractivity contribution in [3.8, 4) is 0 Å². The van der Waals surface area contributed by atoms with Gasteiger partial charge in [0, 0.05) is 38.5 Å². The normalized spacial score (nSPS) is 17.7. The van der Waals surface area contributed by atoms with E-state index in [1.54, 1.807) is 0 Å². The molecule has 0 saturated carbocycles. The van der Waals surface area contributed by atoms with Crippen molar-refractivity contribution >= 4 is 35.8 Å². The van der Waals surface area contributed by atoms with Crippen molar-refractivity contribution < 1.29 is 4.79 Å². The van der Waals surface area contributed by atoms with E-state index in [4.69, 9.17) is 5.73 Å². The van der Waals surface area contributed by atoms with E-state index >= 15 is 0 Å². The first-order chi connectivity index (χ1) is 11.2. The summed E-state index contributed by atoms with van der Waals surface area (Å²) in [5, 5.41) is 3.11. The van der Waals surface area contributed by atoms with Gasteiger partial charge in [-0.05, 0) is 18.4 Å². The van der Waals surface area contributed by atoms with Gasteiger partial charge in [0.15, 0.2) is 5.96 Å². The summed E-state index contributed by atoms with van der Waals surface area (Å²) in [6.07, 6.45) is 3.71. The van der Waals surface area contributed by atoms with E-state index < -0.39 is 0 Å². The molecule has 3 N–H and O–H groups in total. The molecule has 0 aliphatic carbocycles. The van der Waals surface area contributed by atoms with E-state index in [0.29, 0.717) is 18.9 Å². The molecule has 0 spiro atoms. The number of amides is 1. The first kappa shape index (κ1) is 20.7. The van der Waals surface area contributed by atoms with Gasteiger partial charge in [-0.15, -0.1) is 24.0 Å². The Kier molecular flexibility index (Phi) is 9.75. The number of nitrogens with one attached hydrogen (secondary N) is 1. The van der Waals surface area contributed by atoms with Crippen LogP contribution in [0.15, 0.2) is 35.3 Å². The van der Waals surface area contributed by atoms with Crippen LogP contribution in [-0.4, -0.2) is 42.9 Å². The molecule has 1 unspecified atom stereocenters. The fourth-order valence-corrected chi connectivity index (χ4v) is 2.78. The quantitative estimate of drug-likeness (QED) is 0.280. The van der Waals surface area contributed by atoms with Crippen LogP contribution in [-0.2, 0) is 11.2 Å². The zero-order valence-electron chi connectivity index (χ0n) is 14.4. The summed E-state index contributed by atoms with van der Waals surface area (Å²) in [5.41, 5.74) is 7.11. The molecule has 0 aromatic heterocycles. The van der Waals surface area contributed by atoms with Gasteiger partial charge in [-0.1, -0.05) is 43.7 Å². The number of halogens is 1. The minimum atomic E-state index is 0. The summed E-state index contributed by atoms with van der Waals surface area (Å²) in [4.78, 5) is 18.4. The zero-order chi connectivity index (χ0) is 16.5. The van der Waals surface area contributed by atoms with E-state index in [1.807, 2.05) is 23.1 Å². The van der Waals surface area contributed by atoms with Crippen LogP contribution >= 0.6 is 24.0 Å². The van der Waals surface area contributed by atoms with Crippen molar-refractivity contribution in [2.24, 2.45) is 16.6 Å². The van der Waals surface area contributed by atoms with Crippen molar-refractivity contribution in [1.82, 2.24) is 10.2 Å². The van der Waals surface area contributed by atoms with Gasteiger partial charge in [0.25, 0.3) is 0 Å². The van der Waals surface area contributed by atoms with Gasteiger partial charge < -0.3 is 16.0 Å². The Balaban J connectivity index is 0.00000288. The highest BCUT2D eigenvalue weighted by atomic mass is 127. The van der Waals surface area contributed by atoms with E-state index in [-0.39, 0.29) is 35.8 Å². The number of likely N-dealkylation sites (tertiary alicyclic amines) is 1. The first-order valence-corrected chi connectivity index (χ1v) is 8.54. The number of hydrogen-bond donors (Lipinski definition) is 2. The Bertz CT molecular complexity index is 521. The van der Waals surface area contributed by atoms with Gasteiger partial charge in [-0.2, -0.15) is 0 Å². The summed E-state index contributed by atoms with van der Waals surface area (Å²) < 4.78 is 0. The molecule has 1 atom stereocenters. The van der Waals surface area contributed by atoms with Crippen molar-refractivity contribution in [2.45, 2.75) is 32.6 Å². The monoisotopic (exact) mass is 444 g/mol. The molecule has 5 nitrogen and oxygen atoms in total. The van der Waals surface area contributed by atoms with E-state index in [2.05, 4.69) is 29.4 Å². The number of nitrogens with two attached hydrogens (primary N) is 1. The van der Waals surface area contributed by atoms with Crippen LogP contribution in [0.1, 0.15) is 31.7 Å². The van der Waals surface area contributed by atoms with Crippen LogP contribution < -0.4 is 11.1 Å². The van der Waals surface area contributed by atoms with Crippen LogP contribution in [0.25, 0.3) is 0 Å². The molecule has 1 aliphatic rings. The lowest BCUT2D eigenvalue weighted by Gasteiger charge is -2.16. The van der Waals surface area contributed by atoms with E-state index in [0.717, 1.165) is 38.9 Å². The number of carbonyl (C=O) groups is 1. The Hall–Kier alpha value is -1.31. The predicted molar refractivity (Wildman–Crippen MR) is 110 cm³/mol. The lowest BCUT2D eigenvalue weighted by Crippen LogP contribution is -2.33. The second-order valence-electron chi connectivity index (χ2n) is 6.15. The van der Waals surface area contributed by atoms with Gasteiger partial charge in [0.05, 0.1) is 0 Å². The maximum absolute atomic E-state index is 12.1. The lowest BCUT2D eigenvalue weighted by atomic mass is 10.1. The molecule has 2 rings (SSSR count). The number of rotatable bonds is 8. The van der Waals surface area contributed by atoms with Gasteiger partial charge in [-0.3, -0.25) is 9.79 Å². The van der Waals surface area contributed by atoms with Crippen molar-refractivity contribution in [3.05, 3.63) is 35.9 Å². The number of aliphatic imine (C=N–C) groups is 1. The van der Waals surface area contributed by atoms with Gasteiger partial charge in [0.1, 0.15) is 0 Å². The number of benzene rings is 1. The molecule has 1 aliphatic heterocycles. The second kappa shape index (κ2) is 11.3. The summed E-state index contributed by atoms with van der Waals surface area (Å²) in [5.74, 6) is 1.01. The van der Waals surface area contributed by atoms with Gasteiger partial charge in [0.2, 0.25) is 5.91 Å². The number of nitrogens with zero attached hydrogens (tertiary/aromatic N) is 2. The highest BCUT2D eigenvalue weighted by Crippen LogP contribution is 2.18. The lowest BCUT2D eigenvalue weighted by molar-refractivity contribution is -0.127. The third-order valence-electron chi connectivity index (χ3n) is 4.16. The highest BCUT2D eigenvalue weighted by Gasteiger charge is 2.28. The molecule has 0 radical (unpaired) electrons. The summed E-state index contributed by atoms with van der Waals surface area (Å²) in [6, 6.07) is 10.3. The largest absolute Gasteiger partial charge is 0.370 e. The minimum absolute atomic E-state index is 0. The van der Waals surface area contributed by atoms with Crippen molar-refractivity contribution in [1.29, 1.82) is 0 Å². The van der Waals surface area contributed by atoms with Crippen LogP contribution in [0.3, 0.4) is 0 Å². The maximum Gasteiger partial charge on any atom is 0.223 e. The SMILES string of the molecule is CCCCNC(N)=NCC1CC(=O)N(CCc2ccccc2)C1.I. The van der Waals surface area contributed by atoms with Gasteiger partial charge >= 0.3 is 0 Å². The smallest absolute Gasteiger partial charge is 0.223 e. The number of unbranched alkanes of at least 4 members (excludes halogenated alkanes) is 1. The molecular formula is C18H29IN4O. The minimum Gasteiger partial charge on any atom is -0.370 e. The predicted octanol–water partition coefficient (Wildman–Crippen LogP) is 2.40. The summed E-state index contributed by atoms with van der Waals surface area (Å²) in [7, 11) is 0. The molecule has 1 heterocycles. The average Bonchev–Trinajstić information content (AvgIpc) is 2.92. The van der Waals surface area contributed by atoms with Crippen LogP contribution in [0, 0.1) is 5.92 Å². The molecule has 1 aromatic rings. The van der Waals surface area contributed by atoms with E-state index in [9.17, 15) is 4.79 Å². The van der Waals surface area contributed by atoms with Crippen LogP contribution in [0.2, 0.25) is 0 Å². The molecule has 1 aromatic carbocycles. The van der Waals surface area contributed by atoms with Gasteiger partial charge in [-0.25, -0.2) is 0 Å². The topological polar surface area (TPSA) is 70.7 Å². The number of guanidine groups is 1. The van der Waals surface area contributed by atoms with Crippen molar-refractivity contribution in [3.63, 3.8) is 0 Å². The molecule has 6 heteroatoms. The third kappa shape index (κ3) is 7.07. The Morgan fingerprint density at radius 2 is 2.12 bits per heavy atom. The maximum atomic E-state index is 12.1. The summed E-state index contributed by atoms with van der Waals surface area (Å²) >= 11 is 0. The Labute approximate surface area is 162 Å². The molecule has 1 saturated heterocycles. The number of carbonyl (C=O) groups excluding carboxylic acids is 1. The Morgan fingerprint density at radius 3 is 2.83 bits per heavy atom. The molecule has 134 valence electrons. The molecule has 0 bridgehead atoms. The van der Waals surface area contributed by atoms with Crippen LogP contribution in [0.4, 0.5) is 0 Å². The van der Waals surface area contributed by atoms with E-state index in [1.165, 1.54) is 5.56 Å². The number of hydrogen-bond acceptors (Lipinski definition) is 2. The average molecular weight is 444 g/mol. The zero-order valence-corrected chi connectivity index (χ0v) is 16.7. The summed E-state index contributed by atoms with van der Waals surface area (Å²) in [6.45, 7) is 5.20. The van der Waals surface area contributed by atoms with Crippen molar-refractivity contribution in [2.75, 3.05) is 26.2 Å². The molecular weight excluding hydrogens is 415 g/mol. The first-order valence-electron chi connectivity index (χ1n) is 8.54. The molecule has 24 heavy (non-hydrogen) atoms. The fourth-order valence-electron chi connectivity index (χ4n) is 2.78. The fraction of sp³-hybridized carbons (Fsp3) is 0.556.